The summed E-state index contributed by atoms with van der Waals surface area (Å²) in [7, 11) is 0. The van der Waals surface area contributed by atoms with E-state index >= 15 is 0 Å². The summed E-state index contributed by atoms with van der Waals surface area (Å²) in [6.45, 7) is 4.53. The number of hydrogen-bond donors (Lipinski definition) is 18. The van der Waals surface area contributed by atoms with Crippen LogP contribution in [0.5, 0.6) is 5.75 Å². The van der Waals surface area contributed by atoms with Crippen molar-refractivity contribution in [2.45, 2.75) is 252 Å². The molecule has 25 unspecified atom stereocenters. The number of hydroxylamine groups is 1. The van der Waals surface area contributed by atoms with Crippen molar-refractivity contribution in [2.75, 3.05) is 39.6 Å². The Balaban J connectivity index is 1.22. The molecule has 524 valence electrons. The molecule has 6 rings (SSSR count). The summed E-state index contributed by atoms with van der Waals surface area (Å²) >= 11 is 0. The van der Waals surface area contributed by atoms with E-state index in [0.717, 1.165) is 53.4 Å². The molecule has 0 aliphatic carbocycles. The van der Waals surface area contributed by atoms with Crippen LogP contribution in [0.25, 0.3) is 0 Å². The van der Waals surface area contributed by atoms with E-state index in [2.05, 4.69) is 45.7 Å². The molecule has 0 spiro atoms. The minimum Gasteiger partial charge on any atom is -0.494 e. The fraction of sp³-hybridized carbons (Fsp3) is 0.780. The van der Waals surface area contributed by atoms with Crippen molar-refractivity contribution in [3.63, 3.8) is 0 Å². The zero-order valence-corrected chi connectivity index (χ0v) is 52.6. The molecule has 0 radical (unpaired) electrons. The second-order valence-electron chi connectivity index (χ2n) is 24.1. The molecule has 92 heavy (non-hydrogen) atoms. The van der Waals surface area contributed by atoms with Crippen LogP contribution < -0.4 is 36.8 Å². The third kappa shape index (κ3) is 18.8. The highest BCUT2D eigenvalue weighted by Gasteiger charge is 2.61. The number of rotatable bonds is 30. The number of benzene rings is 1. The molecule has 5 aliphatic heterocycles. The highest BCUT2D eigenvalue weighted by atomic mass is 16.8. The van der Waals surface area contributed by atoms with E-state index in [1.165, 1.54) is 38.8 Å². The topological polar surface area (TPSA) is 493 Å². The van der Waals surface area contributed by atoms with Crippen LogP contribution in [0, 0.1) is 0 Å². The molecule has 5 fully saturated rings. The molecule has 0 bridgehead atoms. The van der Waals surface area contributed by atoms with Crippen LogP contribution in [0.3, 0.4) is 0 Å². The third-order valence-electron chi connectivity index (χ3n) is 16.9. The SMILES string of the molecule is CCCCCCC=CCCCOc1cccc(C(=O)NC2CC(O)C(O)C(CO)OC2OC2C(CO)OC(OC3C(CO)OC(OC4C(CO)OC(OC5C(CO)OC(NO)C(C)(NC(C)=O)C5O)C(NC(C)=O)C4O)C(C)(NC(C)=O)C3O)C(NC(C)=O)C2O)c1. The van der Waals surface area contributed by atoms with E-state index in [0.29, 0.717) is 18.8 Å². The number of hydrogen-bond acceptors (Lipinski definition) is 28. The van der Waals surface area contributed by atoms with Crippen molar-refractivity contribution in [2.24, 2.45) is 0 Å². The highest BCUT2D eigenvalue weighted by Crippen LogP contribution is 2.40. The van der Waals surface area contributed by atoms with E-state index in [1.54, 1.807) is 12.1 Å². The van der Waals surface area contributed by atoms with Gasteiger partial charge >= 0.3 is 0 Å². The molecule has 33 nitrogen and oxygen atoms in total. The van der Waals surface area contributed by atoms with Crippen LogP contribution in [0.15, 0.2) is 36.4 Å². The lowest BCUT2D eigenvalue weighted by atomic mass is 9.83. The van der Waals surface area contributed by atoms with E-state index in [-0.39, 0.29) is 5.56 Å². The molecule has 0 saturated carbocycles. The first-order valence-electron chi connectivity index (χ1n) is 31.0. The quantitative estimate of drug-likeness (QED) is 0.0195. The second kappa shape index (κ2) is 35.3. The van der Waals surface area contributed by atoms with Gasteiger partial charge in [-0.3, -0.25) is 24.0 Å². The van der Waals surface area contributed by atoms with Gasteiger partial charge in [-0.25, -0.2) is 0 Å². The van der Waals surface area contributed by atoms with Gasteiger partial charge < -0.3 is 135 Å². The highest BCUT2D eigenvalue weighted by molar-refractivity contribution is 5.94. The van der Waals surface area contributed by atoms with Gasteiger partial charge in [0.05, 0.1) is 51.8 Å². The Morgan fingerprint density at radius 3 is 1.58 bits per heavy atom. The van der Waals surface area contributed by atoms with E-state index in [9.17, 15) is 85.4 Å². The number of nitrogens with one attached hydrogen (secondary N) is 6. The Labute approximate surface area is 532 Å². The van der Waals surface area contributed by atoms with Crippen molar-refractivity contribution in [3.05, 3.63) is 42.0 Å². The molecule has 5 heterocycles. The van der Waals surface area contributed by atoms with Crippen molar-refractivity contribution in [1.82, 2.24) is 32.1 Å². The Morgan fingerprint density at radius 2 is 1.05 bits per heavy atom. The van der Waals surface area contributed by atoms with E-state index in [1.807, 2.05) is 5.48 Å². The number of aliphatic hydroxyl groups excluding tert-OH is 11. The summed E-state index contributed by atoms with van der Waals surface area (Å²) in [5, 5.41) is 147. The fourth-order valence-corrected chi connectivity index (χ4v) is 12.0. The van der Waals surface area contributed by atoms with Crippen LogP contribution in [0.4, 0.5) is 0 Å². The van der Waals surface area contributed by atoms with Gasteiger partial charge in [0, 0.05) is 39.7 Å². The van der Waals surface area contributed by atoms with Gasteiger partial charge in [-0.05, 0) is 57.7 Å². The lowest BCUT2D eigenvalue weighted by molar-refractivity contribution is -0.374. The minimum absolute atomic E-state index is 0.108. The zero-order valence-electron chi connectivity index (χ0n) is 52.6. The molecule has 5 amide bonds. The standard InChI is InChI=1S/C59H96N6O27/c1-8-9-10-11-12-13-14-15-16-20-83-33-19-17-18-32(21-33)52(81)62-34-22-35(75)43(76)36(23-66)84-53(34)89-46-37(24-67)85-54(41(44(46)77)60-28(2)71)91-49-40(27-70)88-57(59(7,51(49)80)64-31(5)74)92-47-38(25-68)86-55(42(45(47)78)61-29(3)72)90-48-39(26-69)87-56(65-82)58(6,50(48)79)63-30(4)73/h13-14,17-19,21,34-51,53-57,65-70,75-80,82H,8-12,15-16,20,22-27H2,1-7H3,(H,60,71)(H,61,72)(H,62,81)(H,63,73)(H,64,74). The molecule has 5 saturated heterocycles. The number of allylic oxidation sites excluding steroid dienone is 2. The predicted molar refractivity (Wildman–Crippen MR) is 314 cm³/mol. The summed E-state index contributed by atoms with van der Waals surface area (Å²) in [5.74, 6) is -3.44. The van der Waals surface area contributed by atoms with Crippen LogP contribution in [0.1, 0.15) is 110 Å². The average molecular weight is 1320 g/mol. The van der Waals surface area contributed by atoms with E-state index < -0.39 is 221 Å². The normalized spacial score (nSPS) is 38.4. The first kappa shape index (κ1) is 76.2. The summed E-state index contributed by atoms with van der Waals surface area (Å²) in [6.07, 6.45) is -24.5. The number of unbranched alkanes of at least 4 members (excludes halogenated alkanes) is 5. The maximum atomic E-state index is 14.0. The fourth-order valence-electron chi connectivity index (χ4n) is 12.0. The monoisotopic (exact) mass is 1320 g/mol. The maximum Gasteiger partial charge on any atom is 0.251 e. The minimum atomic E-state index is -2.23. The van der Waals surface area contributed by atoms with Crippen LogP contribution in [-0.4, -0.2) is 283 Å². The van der Waals surface area contributed by atoms with Gasteiger partial charge in [0.2, 0.25) is 23.6 Å². The van der Waals surface area contributed by atoms with Gasteiger partial charge in [0.15, 0.2) is 31.4 Å². The van der Waals surface area contributed by atoms with Crippen LogP contribution in [0.2, 0.25) is 0 Å². The first-order chi connectivity index (χ1) is 43.7. The summed E-state index contributed by atoms with van der Waals surface area (Å²) < 4.78 is 61.2. The third-order valence-corrected chi connectivity index (χ3v) is 16.9. The lowest BCUT2D eigenvalue weighted by Gasteiger charge is -2.54. The van der Waals surface area contributed by atoms with Crippen LogP contribution >= 0.6 is 0 Å². The number of carbonyl (C=O) groups excluding carboxylic acids is 5. The number of aliphatic hydroxyl groups is 11. The van der Waals surface area contributed by atoms with Crippen molar-refractivity contribution in [1.29, 1.82) is 0 Å². The number of carbonyl (C=O) groups is 5. The Morgan fingerprint density at radius 1 is 0.565 bits per heavy atom. The Hall–Kier alpha value is -4.77. The largest absolute Gasteiger partial charge is 0.494 e. The van der Waals surface area contributed by atoms with Crippen molar-refractivity contribution < 1.29 is 133 Å². The molecular weight excluding hydrogens is 1220 g/mol. The average Bonchev–Trinajstić information content (AvgIpc) is 0.829. The summed E-state index contributed by atoms with van der Waals surface area (Å²) in [5.41, 5.74) is -2.16. The number of amides is 5. The molecule has 5 aliphatic rings. The van der Waals surface area contributed by atoms with Crippen molar-refractivity contribution in [3.8, 4) is 5.75 Å². The molecule has 1 aromatic rings. The molecule has 18 N–H and O–H groups in total. The molecule has 1 aromatic carbocycles. The molecule has 33 heteroatoms. The van der Waals surface area contributed by atoms with Gasteiger partial charge in [-0.15, -0.1) is 0 Å². The van der Waals surface area contributed by atoms with Gasteiger partial charge in [-0.1, -0.05) is 44.4 Å². The molecule has 0 aromatic heterocycles. The summed E-state index contributed by atoms with van der Waals surface area (Å²) in [4.78, 5) is 65.1. The Kier molecular flexibility index (Phi) is 29.2. The van der Waals surface area contributed by atoms with Crippen LogP contribution in [-0.2, 0) is 61.8 Å². The maximum absolute atomic E-state index is 14.0. The summed E-state index contributed by atoms with van der Waals surface area (Å²) in [6, 6.07) is 1.45. The van der Waals surface area contributed by atoms with Crippen molar-refractivity contribution >= 4 is 29.5 Å². The van der Waals surface area contributed by atoms with E-state index in [4.69, 9.17) is 47.4 Å². The predicted octanol–water partition coefficient (Wildman–Crippen LogP) is -5.07. The van der Waals surface area contributed by atoms with Gasteiger partial charge in [0.25, 0.3) is 5.91 Å². The zero-order chi connectivity index (χ0) is 67.8. The molecule has 25 atom stereocenters. The lowest BCUT2D eigenvalue weighted by Crippen LogP contribution is -2.76. The first-order valence-corrected chi connectivity index (χ1v) is 31.0. The second-order valence-corrected chi connectivity index (χ2v) is 24.1. The smallest absolute Gasteiger partial charge is 0.251 e. The Bertz CT molecular complexity index is 2550. The van der Waals surface area contributed by atoms with Gasteiger partial charge in [0.1, 0.15) is 114 Å². The number of ether oxygens (including phenoxy) is 10. The van der Waals surface area contributed by atoms with Gasteiger partial charge in [-0.2, -0.15) is 5.48 Å². The molecular formula is C59H96N6O27.